The minimum absolute atomic E-state index is 1.19. The van der Waals surface area contributed by atoms with Crippen molar-refractivity contribution in [3.63, 3.8) is 0 Å². The second-order valence-electron chi connectivity index (χ2n) is 5.67. The van der Waals surface area contributed by atoms with Crippen LogP contribution in [-0.4, -0.2) is 4.98 Å². The Hall–Kier alpha value is -0.370. The van der Waals surface area contributed by atoms with Crippen LogP contribution in [0.3, 0.4) is 0 Å². The fourth-order valence-electron chi connectivity index (χ4n) is 2.58. The van der Waals surface area contributed by atoms with Crippen LogP contribution in [0, 0.1) is 13.8 Å². The summed E-state index contributed by atoms with van der Waals surface area (Å²) in [6.45, 7) is 6.60. The maximum Gasteiger partial charge on any atom is 0.0900 e. The van der Waals surface area contributed by atoms with Crippen LogP contribution in [0.25, 0.3) is 0 Å². The van der Waals surface area contributed by atoms with Gasteiger partial charge in [-0.1, -0.05) is 64.7 Å². The molecule has 0 fully saturated rings. The number of hydrogen-bond donors (Lipinski definition) is 0. The maximum atomic E-state index is 4.60. The summed E-state index contributed by atoms with van der Waals surface area (Å²) >= 11 is 1.84. The summed E-state index contributed by atoms with van der Waals surface area (Å²) in [7, 11) is 0. The molecule has 0 aromatic carbocycles. The Balaban J connectivity index is 1.90. The van der Waals surface area contributed by atoms with E-state index in [4.69, 9.17) is 0 Å². The first kappa shape index (κ1) is 16.7. The van der Waals surface area contributed by atoms with Crippen LogP contribution in [0.5, 0.6) is 0 Å². The second kappa shape index (κ2) is 10.4. The smallest absolute Gasteiger partial charge is 0.0900 e. The van der Waals surface area contributed by atoms with E-state index in [2.05, 4.69) is 25.8 Å². The SMILES string of the molecule is CCCCCCCCCCCCc1nc(C)sc1C. The highest BCUT2D eigenvalue weighted by molar-refractivity contribution is 7.11. The Labute approximate surface area is 123 Å². The summed E-state index contributed by atoms with van der Waals surface area (Å²) in [6.07, 6.45) is 15.3. The molecule has 0 bridgehead atoms. The number of nitrogens with zero attached hydrogens (tertiary/aromatic N) is 1. The number of unbranched alkanes of at least 4 members (excludes halogenated alkanes) is 9. The number of thiazole rings is 1. The molecule has 1 aromatic heterocycles. The van der Waals surface area contributed by atoms with Crippen molar-refractivity contribution in [1.29, 1.82) is 0 Å². The summed E-state index contributed by atoms with van der Waals surface area (Å²) < 4.78 is 0. The third-order valence-electron chi connectivity index (χ3n) is 3.77. The third kappa shape index (κ3) is 7.71. The standard InChI is InChI=1S/C17H31NS/c1-4-5-6-7-8-9-10-11-12-13-14-17-15(2)19-16(3)18-17/h4-14H2,1-3H3. The van der Waals surface area contributed by atoms with Gasteiger partial charge in [-0.15, -0.1) is 11.3 Å². The Morgan fingerprint density at radius 3 is 1.79 bits per heavy atom. The van der Waals surface area contributed by atoms with Gasteiger partial charge in [0.2, 0.25) is 0 Å². The zero-order valence-corrected chi connectivity index (χ0v) is 14.0. The molecule has 110 valence electrons. The molecule has 1 heterocycles. The molecule has 1 rings (SSSR count). The summed E-state index contributed by atoms with van der Waals surface area (Å²) in [6, 6.07) is 0. The van der Waals surface area contributed by atoms with Crippen molar-refractivity contribution in [3.8, 4) is 0 Å². The molecule has 1 nitrogen and oxygen atoms in total. The van der Waals surface area contributed by atoms with Crippen molar-refractivity contribution >= 4 is 11.3 Å². The molecule has 2 heteroatoms. The molecule has 0 N–H and O–H groups in total. The van der Waals surface area contributed by atoms with E-state index in [0.717, 1.165) is 0 Å². The zero-order valence-electron chi connectivity index (χ0n) is 13.1. The molecule has 0 aliphatic rings. The lowest BCUT2D eigenvalue weighted by Gasteiger charge is -2.02. The van der Waals surface area contributed by atoms with Gasteiger partial charge in [0.15, 0.2) is 0 Å². The molecule has 0 amide bonds. The van der Waals surface area contributed by atoms with Crippen molar-refractivity contribution in [3.05, 3.63) is 15.6 Å². The van der Waals surface area contributed by atoms with Gasteiger partial charge in [-0.05, 0) is 26.7 Å². The lowest BCUT2D eigenvalue weighted by Crippen LogP contribution is -1.89. The molecule has 0 atom stereocenters. The van der Waals surface area contributed by atoms with Crippen molar-refractivity contribution in [2.45, 2.75) is 91.4 Å². The normalized spacial score (nSPS) is 11.1. The first-order valence-electron chi connectivity index (χ1n) is 8.17. The summed E-state index contributed by atoms with van der Waals surface area (Å²) in [5.74, 6) is 0. The van der Waals surface area contributed by atoms with Gasteiger partial charge in [0.05, 0.1) is 10.7 Å². The largest absolute Gasteiger partial charge is 0.246 e. The highest BCUT2D eigenvalue weighted by Crippen LogP contribution is 2.19. The number of aryl methyl sites for hydroxylation is 3. The Morgan fingerprint density at radius 2 is 1.32 bits per heavy atom. The van der Waals surface area contributed by atoms with E-state index >= 15 is 0 Å². The molecule has 0 unspecified atom stereocenters. The Bertz CT molecular complexity index is 330. The van der Waals surface area contributed by atoms with E-state index in [0.29, 0.717) is 0 Å². The van der Waals surface area contributed by atoms with Gasteiger partial charge in [0, 0.05) is 4.88 Å². The molecule has 0 radical (unpaired) electrons. The quantitative estimate of drug-likeness (QED) is 0.438. The Kier molecular flexibility index (Phi) is 9.15. The minimum atomic E-state index is 1.19. The van der Waals surface area contributed by atoms with Gasteiger partial charge in [-0.25, -0.2) is 4.98 Å². The van der Waals surface area contributed by atoms with E-state index in [1.54, 1.807) is 0 Å². The van der Waals surface area contributed by atoms with E-state index < -0.39 is 0 Å². The van der Waals surface area contributed by atoms with Crippen molar-refractivity contribution in [1.82, 2.24) is 4.98 Å². The summed E-state index contributed by atoms with van der Waals surface area (Å²) in [5, 5.41) is 1.22. The van der Waals surface area contributed by atoms with E-state index in [1.807, 2.05) is 11.3 Å². The molecule has 0 saturated heterocycles. The topological polar surface area (TPSA) is 12.9 Å². The van der Waals surface area contributed by atoms with Crippen LogP contribution >= 0.6 is 11.3 Å². The van der Waals surface area contributed by atoms with Gasteiger partial charge in [0.1, 0.15) is 0 Å². The number of hydrogen-bond acceptors (Lipinski definition) is 2. The van der Waals surface area contributed by atoms with Gasteiger partial charge in [0.25, 0.3) is 0 Å². The first-order valence-corrected chi connectivity index (χ1v) is 8.98. The lowest BCUT2D eigenvalue weighted by molar-refractivity contribution is 0.555. The predicted octanol–water partition coefficient (Wildman–Crippen LogP) is 6.22. The van der Waals surface area contributed by atoms with Crippen LogP contribution in [0.2, 0.25) is 0 Å². The van der Waals surface area contributed by atoms with Crippen LogP contribution in [0.15, 0.2) is 0 Å². The summed E-state index contributed by atoms with van der Waals surface area (Å²) in [5.41, 5.74) is 1.35. The highest BCUT2D eigenvalue weighted by Gasteiger charge is 2.03. The van der Waals surface area contributed by atoms with E-state index in [9.17, 15) is 0 Å². The van der Waals surface area contributed by atoms with Crippen LogP contribution in [0.1, 0.15) is 86.7 Å². The maximum absolute atomic E-state index is 4.60. The fourth-order valence-corrected chi connectivity index (χ4v) is 3.45. The average Bonchev–Trinajstić information content (AvgIpc) is 2.70. The van der Waals surface area contributed by atoms with Crippen molar-refractivity contribution in [2.75, 3.05) is 0 Å². The predicted molar refractivity (Wildman–Crippen MR) is 87.1 cm³/mol. The lowest BCUT2D eigenvalue weighted by atomic mass is 10.1. The average molecular weight is 282 g/mol. The molecule has 0 spiro atoms. The number of aromatic nitrogens is 1. The van der Waals surface area contributed by atoms with Crippen LogP contribution < -0.4 is 0 Å². The first-order chi connectivity index (χ1) is 9.24. The van der Waals surface area contributed by atoms with Crippen LogP contribution in [0.4, 0.5) is 0 Å². The van der Waals surface area contributed by atoms with E-state index in [1.165, 1.54) is 86.2 Å². The van der Waals surface area contributed by atoms with Crippen molar-refractivity contribution in [2.24, 2.45) is 0 Å². The monoisotopic (exact) mass is 281 g/mol. The van der Waals surface area contributed by atoms with Crippen molar-refractivity contribution < 1.29 is 0 Å². The van der Waals surface area contributed by atoms with Gasteiger partial charge in [-0.3, -0.25) is 0 Å². The third-order valence-corrected chi connectivity index (χ3v) is 4.70. The molecular formula is C17H31NS. The molecular weight excluding hydrogens is 250 g/mol. The van der Waals surface area contributed by atoms with Gasteiger partial charge < -0.3 is 0 Å². The molecule has 0 aliphatic carbocycles. The fraction of sp³-hybridized carbons (Fsp3) is 0.824. The minimum Gasteiger partial charge on any atom is -0.246 e. The highest BCUT2D eigenvalue weighted by atomic mass is 32.1. The van der Waals surface area contributed by atoms with E-state index in [-0.39, 0.29) is 0 Å². The Morgan fingerprint density at radius 1 is 0.789 bits per heavy atom. The number of rotatable bonds is 11. The second-order valence-corrected chi connectivity index (χ2v) is 7.08. The van der Waals surface area contributed by atoms with Gasteiger partial charge in [-0.2, -0.15) is 0 Å². The molecule has 0 aliphatic heterocycles. The summed E-state index contributed by atoms with van der Waals surface area (Å²) in [4.78, 5) is 6.03. The van der Waals surface area contributed by atoms with Crippen LogP contribution in [-0.2, 0) is 6.42 Å². The molecule has 0 saturated carbocycles. The molecule has 1 aromatic rings. The van der Waals surface area contributed by atoms with Gasteiger partial charge >= 0.3 is 0 Å². The zero-order chi connectivity index (χ0) is 13.9. The molecule has 19 heavy (non-hydrogen) atoms.